The molecule has 12 nitrogen and oxygen atoms in total. The van der Waals surface area contributed by atoms with Crippen molar-refractivity contribution >= 4 is 76.3 Å². The van der Waals surface area contributed by atoms with Crippen LogP contribution in [0, 0.1) is 0 Å². The average molecular weight is 626 g/mol. The fourth-order valence-corrected chi connectivity index (χ4v) is 5.06. The van der Waals surface area contributed by atoms with Crippen LogP contribution >= 0.6 is 23.2 Å². The predicted molar refractivity (Wildman–Crippen MR) is 171 cm³/mol. The molecule has 2 heterocycles. The Bertz CT molecular complexity index is 1620. The summed E-state index contributed by atoms with van der Waals surface area (Å²) in [6.07, 6.45) is 4.58. The van der Waals surface area contributed by atoms with Gasteiger partial charge in [0.15, 0.2) is 0 Å². The number of anilines is 5. The van der Waals surface area contributed by atoms with Crippen LogP contribution in [0.15, 0.2) is 54.4 Å². The van der Waals surface area contributed by atoms with E-state index in [0.29, 0.717) is 34.3 Å². The molecule has 1 aliphatic heterocycles. The quantitative estimate of drug-likeness (QED) is 0.156. The molecule has 0 spiro atoms. The van der Waals surface area contributed by atoms with Crippen LogP contribution in [0.3, 0.4) is 0 Å². The third kappa shape index (κ3) is 6.35. The van der Waals surface area contributed by atoms with Crippen molar-refractivity contribution < 1.29 is 19.1 Å². The van der Waals surface area contributed by atoms with Crippen molar-refractivity contribution in [2.24, 2.45) is 5.10 Å². The van der Waals surface area contributed by atoms with Gasteiger partial charge in [-0.2, -0.15) is 10.1 Å². The first kappa shape index (κ1) is 31.1. The monoisotopic (exact) mass is 624 g/mol. The summed E-state index contributed by atoms with van der Waals surface area (Å²) in [5.41, 5.74) is 3.60. The lowest BCUT2D eigenvalue weighted by molar-refractivity contribution is -0.111. The van der Waals surface area contributed by atoms with E-state index in [1.807, 2.05) is 13.0 Å². The van der Waals surface area contributed by atoms with Crippen LogP contribution in [0.1, 0.15) is 18.1 Å². The molecule has 0 bridgehead atoms. The number of nitrogens with one attached hydrogen (secondary N) is 2. The van der Waals surface area contributed by atoms with Gasteiger partial charge in [0.05, 0.1) is 37.8 Å². The number of hydrogen-bond donors (Lipinski definition) is 2. The van der Waals surface area contributed by atoms with Crippen molar-refractivity contribution in [2.75, 3.05) is 48.7 Å². The van der Waals surface area contributed by atoms with Gasteiger partial charge in [-0.3, -0.25) is 19.6 Å². The van der Waals surface area contributed by atoms with Crippen molar-refractivity contribution in [2.45, 2.75) is 13.5 Å². The molecule has 0 saturated carbocycles. The highest BCUT2D eigenvalue weighted by atomic mass is 35.5. The second-order valence-corrected chi connectivity index (χ2v) is 10.1. The normalized spacial score (nSPS) is 12.8. The van der Waals surface area contributed by atoms with Crippen molar-refractivity contribution in [3.8, 4) is 11.5 Å². The number of urea groups is 1. The van der Waals surface area contributed by atoms with Crippen LogP contribution in [0.5, 0.6) is 11.5 Å². The first-order chi connectivity index (χ1) is 20.5. The van der Waals surface area contributed by atoms with Crippen molar-refractivity contribution in [1.29, 1.82) is 0 Å². The predicted octanol–water partition coefficient (Wildman–Crippen LogP) is 6.15. The number of hydrazone groups is 1. The highest BCUT2D eigenvalue weighted by molar-refractivity contribution is 6.42. The molecule has 1 aromatic heterocycles. The number of benzene rings is 2. The van der Waals surface area contributed by atoms with Gasteiger partial charge in [0.25, 0.3) is 0 Å². The number of fused-ring (bicyclic) bond motifs is 1. The van der Waals surface area contributed by atoms with E-state index in [1.165, 1.54) is 30.1 Å². The molecule has 14 heteroatoms. The van der Waals surface area contributed by atoms with E-state index >= 15 is 0 Å². The van der Waals surface area contributed by atoms with E-state index in [4.69, 9.17) is 32.7 Å². The maximum absolute atomic E-state index is 13.6. The lowest BCUT2D eigenvalue weighted by atomic mass is 10.1. The zero-order chi connectivity index (χ0) is 31.4. The summed E-state index contributed by atoms with van der Waals surface area (Å²) >= 11 is 13.2. The fourth-order valence-electron chi connectivity index (χ4n) is 4.36. The van der Waals surface area contributed by atoms with E-state index < -0.39 is 11.9 Å². The number of halogens is 2. The molecular weight excluding hydrogens is 595 g/mol. The van der Waals surface area contributed by atoms with Gasteiger partial charge in [0.2, 0.25) is 11.9 Å². The Balaban J connectivity index is 1.69. The van der Waals surface area contributed by atoms with Gasteiger partial charge in [-0.05, 0) is 36.3 Å². The molecule has 2 N–H and O–H groups in total. The first-order valence-corrected chi connectivity index (χ1v) is 13.5. The number of nitrogens with zero attached hydrogens (tertiary/aromatic N) is 6. The Morgan fingerprint density at radius 1 is 1.16 bits per heavy atom. The summed E-state index contributed by atoms with van der Waals surface area (Å²) < 4.78 is 10.7. The van der Waals surface area contributed by atoms with E-state index in [-0.39, 0.29) is 28.2 Å². The second-order valence-electron chi connectivity index (χ2n) is 9.33. The number of rotatable bonds is 10. The fraction of sp³-hybridized carbons (Fsp3) is 0.207. The Labute approximate surface area is 259 Å². The van der Waals surface area contributed by atoms with Crippen molar-refractivity contribution in [3.63, 3.8) is 0 Å². The topological polar surface area (TPSA) is 125 Å². The minimum atomic E-state index is -0.430. The Kier molecular flexibility index (Phi) is 9.42. The summed E-state index contributed by atoms with van der Waals surface area (Å²) in [6.45, 7) is 9.04. The van der Waals surface area contributed by atoms with Crippen LogP contribution in [0.2, 0.25) is 10.0 Å². The molecule has 0 saturated heterocycles. The van der Waals surface area contributed by atoms with Gasteiger partial charge in [-0.25, -0.2) is 9.78 Å². The Morgan fingerprint density at radius 2 is 1.84 bits per heavy atom. The molecule has 4 rings (SSSR count). The maximum Gasteiger partial charge on any atom is 0.330 e. The van der Waals surface area contributed by atoms with Gasteiger partial charge in [-0.1, -0.05) is 35.8 Å². The molecule has 0 atom stereocenters. The molecule has 3 aromatic rings. The summed E-state index contributed by atoms with van der Waals surface area (Å²) in [7, 11) is 6.26. The molecule has 0 unspecified atom stereocenters. The number of methoxy groups -OCH3 is 2. The second kappa shape index (κ2) is 13.0. The molecule has 224 valence electrons. The third-order valence-electron chi connectivity index (χ3n) is 6.59. The zero-order valence-electron chi connectivity index (χ0n) is 24.2. The summed E-state index contributed by atoms with van der Waals surface area (Å²) in [6, 6.07) is 6.58. The smallest absolute Gasteiger partial charge is 0.330 e. The lowest BCUT2D eigenvalue weighted by Gasteiger charge is -2.35. The molecule has 1 aliphatic rings. The minimum Gasteiger partial charge on any atom is -0.495 e. The highest BCUT2D eigenvalue weighted by Crippen LogP contribution is 2.47. The number of ether oxygens (including phenoxy) is 2. The first-order valence-electron chi connectivity index (χ1n) is 12.8. The summed E-state index contributed by atoms with van der Waals surface area (Å²) in [5, 5.41) is 11.7. The number of aromatic nitrogens is 2. The Morgan fingerprint density at radius 3 is 2.44 bits per heavy atom. The number of carbonyl (C=O) groups is 2. The average Bonchev–Trinajstić information content (AvgIpc) is 3.00. The maximum atomic E-state index is 13.6. The molecule has 0 aliphatic carbocycles. The zero-order valence-corrected chi connectivity index (χ0v) is 25.7. The molecule has 3 amide bonds. The number of hydrogen-bond acceptors (Lipinski definition) is 9. The summed E-state index contributed by atoms with van der Waals surface area (Å²) in [5.74, 6) is 0.796. The standard InChI is InChI=1S/C29H30Cl2N8O4/c1-8-23(40)34-20-11-17(16(2)14-37(4)32-3)9-10-19(20)35-28-33-13-18-15-39(29(41)38(5)27(18)36-28)26-24(30)21(42-6)12-22(43-7)25(26)31/h8-14H,1,3,15H2,2,4-7H3,(H,34,40)(H,33,35,36)/b16-14+. The number of carbonyl (C=O) groups excluding carboxylic acids is 2. The van der Waals surface area contributed by atoms with Gasteiger partial charge in [0.1, 0.15) is 27.4 Å². The van der Waals surface area contributed by atoms with E-state index in [2.05, 4.69) is 39.0 Å². The molecule has 43 heavy (non-hydrogen) atoms. The van der Waals surface area contributed by atoms with Gasteiger partial charge in [-0.15, -0.1) is 0 Å². The van der Waals surface area contributed by atoms with E-state index in [0.717, 1.165) is 11.1 Å². The van der Waals surface area contributed by atoms with Crippen LogP contribution in [-0.2, 0) is 11.3 Å². The van der Waals surface area contributed by atoms with Gasteiger partial charge in [0, 0.05) is 44.8 Å². The summed E-state index contributed by atoms with van der Waals surface area (Å²) in [4.78, 5) is 37.6. The minimum absolute atomic E-state index is 0.0868. The lowest BCUT2D eigenvalue weighted by Crippen LogP contribution is -2.46. The van der Waals surface area contributed by atoms with E-state index in [9.17, 15) is 9.59 Å². The number of amides is 3. The van der Waals surface area contributed by atoms with Crippen LogP contribution in [-0.4, -0.2) is 61.9 Å². The van der Waals surface area contributed by atoms with Crippen LogP contribution < -0.4 is 29.9 Å². The van der Waals surface area contributed by atoms with Gasteiger partial charge < -0.3 is 20.1 Å². The van der Waals surface area contributed by atoms with Crippen molar-refractivity contribution in [3.05, 3.63) is 70.5 Å². The van der Waals surface area contributed by atoms with Crippen LogP contribution in [0.25, 0.3) is 5.57 Å². The number of allylic oxidation sites excluding steroid dienone is 1. The largest absolute Gasteiger partial charge is 0.495 e. The SMILES string of the molecule is C=CC(=O)Nc1cc(/C(C)=C/N(C)N=C)ccc1Nc1ncc2c(n1)N(C)C(=O)N(c1c(Cl)c(OC)cc(OC)c1Cl)C2. The van der Waals surface area contributed by atoms with Gasteiger partial charge >= 0.3 is 6.03 Å². The molecule has 2 aromatic carbocycles. The van der Waals surface area contributed by atoms with E-state index in [1.54, 1.807) is 49.7 Å². The Hall–Kier alpha value is -4.81. The van der Waals surface area contributed by atoms with Crippen LogP contribution in [0.4, 0.5) is 33.6 Å². The molecular formula is C29H30Cl2N8O4. The third-order valence-corrected chi connectivity index (χ3v) is 7.32. The van der Waals surface area contributed by atoms with Crippen molar-refractivity contribution in [1.82, 2.24) is 15.0 Å². The molecule has 0 fully saturated rings. The molecule has 0 radical (unpaired) electrons. The highest BCUT2D eigenvalue weighted by Gasteiger charge is 2.35.